The smallest absolute Gasteiger partial charge is 0.241 e. The maximum atomic E-state index is 12.8. The number of nitrogens with one attached hydrogen (secondary N) is 1. The highest BCUT2D eigenvalue weighted by Gasteiger charge is 2.28. The van der Waals surface area contributed by atoms with E-state index in [1.807, 2.05) is 0 Å². The summed E-state index contributed by atoms with van der Waals surface area (Å²) >= 11 is 5.85. The zero-order valence-electron chi connectivity index (χ0n) is 15.8. The molecule has 0 amide bonds. The van der Waals surface area contributed by atoms with Crippen LogP contribution in [0.2, 0.25) is 5.02 Å². The van der Waals surface area contributed by atoms with Crippen LogP contribution in [0.3, 0.4) is 0 Å². The van der Waals surface area contributed by atoms with E-state index in [0.29, 0.717) is 34.8 Å². The first-order valence-electron chi connectivity index (χ1n) is 8.96. The van der Waals surface area contributed by atoms with Crippen LogP contribution >= 0.6 is 11.6 Å². The molecular formula is C19H23ClN2O4S2. The molecule has 0 spiro atoms. The number of hydrogen-bond donors (Lipinski definition) is 1. The van der Waals surface area contributed by atoms with E-state index in [-0.39, 0.29) is 17.2 Å². The van der Waals surface area contributed by atoms with Gasteiger partial charge in [-0.25, -0.2) is 21.6 Å². The van der Waals surface area contributed by atoms with Crippen molar-refractivity contribution in [1.29, 1.82) is 0 Å². The molecule has 1 aliphatic heterocycles. The van der Waals surface area contributed by atoms with Gasteiger partial charge in [-0.2, -0.15) is 0 Å². The van der Waals surface area contributed by atoms with Gasteiger partial charge in [0.25, 0.3) is 0 Å². The quantitative estimate of drug-likeness (QED) is 0.769. The molecule has 0 bridgehead atoms. The number of hydrogen-bond acceptors (Lipinski definition) is 4. The minimum atomic E-state index is -3.75. The molecule has 152 valence electrons. The lowest BCUT2D eigenvalue weighted by molar-refractivity contribution is 0.574. The van der Waals surface area contributed by atoms with Crippen LogP contribution in [0.5, 0.6) is 0 Å². The molecule has 0 saturated carbocycles. The van der Waals surface area contributed by atoms with E-state index in [2.05, 4.69) is 4.72 Å². The summed E-state index contributed by atoms with van der Waals surface area (Å²) in [6, 6.07) is 10.1. The minimum Gasteiger partial charge on any atom is -0.270 e. The molecule has 28 heavy (non-hydrogen) atoms. The van der Waals surface area contributed by atoms with Crippen LogP contribution in [-0.4, -0.2) is 29.1 Å². The maximum Gasteiger partial charge on any atom is 0.241 e. The number of nitrogens with zero attached hydrogens (tertiary/aromatic N) is 1. The van der Waals surface area contributed by atoms with E-state index < -0.39 is 20.0 Å². The monoisotopic (exact) mass is 442 g/mol. The first-order valence-corrected chi connectivity index (χ1v) is 12.4. The molecule has 1 saturated heterocycles. The van der Waals surface area contributed by atoms with E-state index in [1.54, 1.807) is 50.2 Å². The Labute approximate surface area is 171 Å². The van der Waals surface area contributed by atoms with E-state index in [4.69, 9.17) is 11.6 Å². The standard InChI is InChI=1S/C19H23ClN2O4S2/c1-14-12-19(28(25,26)21-13-16-5-7-17(20)8-6-16)15(2)11-18(14)22-9-3-4-10-27(22,23)24/h5-8,11-12,21H,3-4,9-10,13H2,1-2H3. The van der Waals surface area contributed by atoms with Crippen molar-refractivity contribution in [2.75, 3.05) is 16.6 Å². The van der Waals surface area contributed by atoms with Crippen LogP contribution in [-0.2, 0) is 26.6 Å². The molecule has 0 aliphatic carbocycles. The van der Waals surface area contributed by atoms with Crippen molar-refractivity contribution >= 4 is 37.3 Å². The highest BCUT2D eigenvalue weighted by molar-refractivity contribution is 7.92. The van der Waals surface area contributed by atoms with Crippen LogP contribution in [0.1, 0.15) is 29.5 Å². The fraction of sp³-hybridized carbons (Fsp3) is 0.368. The fourth-order valence-corrected chi connectivity index (χ4v) is 6.40. The van der Waals surface area contributed by atoms with E-state index >= 15 is 0 Å². The number of anilines is 1. The second-order valence-corrected chi connectivity index (χ2v) is 11.1. The summed E-state index contributed by atoms with van der Waals surface area (Å²) in [6.07, 6.45) is 1.44. The number of halogens is 1. The van der Waals surface area contributed by atoms with Crippen LogP contribution in [0, 0.1) is 13.8 Å². The molecule has 2 aromatic carbocycles. The molecule has 6 nitrogen and oxygen atoms in total. The number of rotatable bonds is 5. The average Bonchev–Trinajstić information content (AvgIpc) is 2.63. The van der Waals surface area contributed by atoms with Crippen molar-refractivity contribution < 1.29 is 16.8 Å². The van der Waals surface area contributed by atoms with Crippen molar-refractivity contribution in [2.24, 2.45) is 0 Å². The van der Waals surface area contributed by atoms with Crippen molar-refractivity contribution in [3.05, 3.63) is 58.1 Å². The third-order valence-corrected chi connectivity index (χ3v) is 8.43. The SMILES string of the molecule is Cc1cc(S(=O)(=O)NCc2ccc(Cl)cc2)c(C)cc1N1CCCCS1(=O)=O. The topological polar surface area (TPSA) is 83.6 Å². The summed E-state index contributed by atoms with van der Waals surface area (Å²) < 4.78 is 54.4. The van der Waals surface area contributed by atoms with Gasteiger partial charge in [0.2, 0.25) is 20.0 Å². The normalized spacial score (nSPS) is 16.9. The van der Waals surface area contributed by atoms with E-state index in [9.17, 15) is 16.8 Å². The zero-order chi connectivity index (χ0) is 20.5. The van der Waals surface area contributed by atoms with Gasteiger partial charge >= 0.3 is 0 Å². The molecule has 3 rings (SSSR count). The Balaban J connectivity index is 1.88. The second-order valence-electron chi connectivity index (χ2n) is 6.95. The van der Waals surface area contributed by atoms with Gasteiger partial charge in [0.15, 0.2) is 0 Å². The van der Waals surface area contributed by atoms with Crippen molar-refractivity contribution in [1.82, 2.24) is 4.72 Å². The highest BCUT2D eigenvalue weighted by atomic mass is 35.5. The summed E-state index contributed by atoms with van der Waals surface area (Å²) in [5.41, 5.74) is 2.46. The first-order chi connectivity index (χ1) is 13.1. The molecule has 1 aliphatic rings. The van der Waals surface area contributed by atoms with E-state index in [1.165, 1.54) is 4.31 Å². The third-order valence-electron chi connectivity index (χ3n) is 4.78. The van der Waals surface area contributed by atoms with Crippen molar-refractivity contribution in [2.45, 2.75) is 38.1 Å². The van der Waals surface area contributed by atoms with Crippen LogP contribution in [0.15, 0.2) is 41.3 Å². The zero-order valence-corrected chi connectivity index (χ0v) is 18.2. The first kappa shape index (κ1) is 21.1. The second kappa shape index (κ2) is 8.02. The van der Waals surface area contributed by atoms with Gasteiger partial charge in [-0.15, -0.1) is 0 Å². The molecule has 0 unspecified atom stereocenters. The third kappa shape index (κ3) is 4.51. The van der Waals surface area contributed by atoms with Crippen LogP contribution in [0.25, 0.3) is 0 Å². The number of sulfonamides is 2. The van der Waals surface area contributed by atoms with Gasteiger partial charge in [0, 0.05) is 18.1 Å². The molecule has 0 atom stereocenters. The minimum absolute atomic E-state index is 0.119. The van der Waals surface area contributed by atoms with Gasteiger partial charge in [-0.3, -0.25) is 4.31 Å². The van der Waals surface area contributed by atoms with Crippen molar-refractivity contribution in [3.63, 3.8) is 0 Å². The van der Waals surface area contributed by atoms with Crippen LogP contribution < -0.4 is 9.03 Å². The Kier molecular flexibility index (Phi) is 6.05. The lowest BCUT2D eigenvalue weighted by Crippen LogP contribution is -2.38. The molecule has 2 aromatic rings. The van der Waals surface area contributed by atoms with Gasteiger partial charge in [-0.1, -0.05) is 23.7 Å². The molecule has 9 heteroatoms. The van der Waals surface area contributed by atoms with Crippen molar-refractivity contribution in [3.8, 4) is 0 Å². The highest BCUT2D eigenvalue weighted by Crippen LogP contribution is 2.31. The van der Waals surface area contributed by atoms with Gasteiger partial charge in [0.1, 0.15) is 0 Å². The van der Waals surface area contributed by atoms with E-state index in [0.717, 1.165) is 12.0 Å². The predicted molar refractivity (Wildman–Crippen MR) is 112 cm³/mol. The largest absolute Gasteiger partial charge is 0.270 e. The Morgan fingerprint density at radius 1 is 1.07 bits per heavy atom. The summed E-state index contributed by atoms with van der Waals surface area (Å²) in [5.74, 6) is 0.119. The Hall–Kier alpha value is -1.61. The molecule has 0 radical (unpaired) electrons. The Morgan fingerprint density at radius 2 is 1.75 bits per heavy atom. The predicted octanol–water partition coefficient (Wildman–Crippen LogP) is 3.37. The average molecular weight is 443 g/mol. The maximum absolute atomic E-state index is 12.8. The molecular weight excluding hydrogens is 420 g/mol. The van der Waals surface area contributed by atoms with Crippen LogP contribution in [0.4, 0.5) is 5.69 Å². The molecule has 0 aromatic heterocycles. The molecule has 1 fully saturated rings. The molecule has 1 N–H and O–H groups in total. The van der Waals surface area contributed by atoms with Gasteiger partial charge in [-0.05, 0) is 67.6 Å². The number of aryl methyl sites for hydroxylation is 2. The fourth-order valence-electron chi connectivity index (χ4n) is 3.25. The van der Waals surface area contributed by atoms with Gasteiger partial charge in [0.05, 0.1) is 16.3 Å². The summed E-state index contributed by atoms with van der Waals surface area (Å²) in [6.45, 7) is 3.97. The lowest BCUT2D eigenvalue weighted by atomic mass is 10.1. The summed E-state index contributed by atoms with van der Waals surface area (Å²) in [4.78, 5) is 0.150. The lowest BCUT2D eigenvalue weighted by Gasteiger charge is -2.30. The Morgan fingerprint density at radius 3 is 2.39 bits per heavy atom. The summed E-state index contributed by atoms with van der Waals surface area (Å²) in [5, 5.41) is 0.585. The summed E-state index contributed by atoms with van der Waals surface area (Å²) in [7, 11) is -7.11. The number of benzene rings is 2. The molecule has 1 heterocycles. The van der Waals surface area contributed by atoms with Gasteiger partial charge < -0.3 is 0 Å². The Bertz CT molecular complexity index is 1080.